The van der Waals surface area contributed by atoms with Crippen molar-refractivity contribution in [3.05, 3.63) is 66.0 Å². The Labute approximate surface area is 136 Å². The molecule has 0 unspecified atom stereocenters. The van der Waals surface area contributed by atoms with E-state index in [2.05, 4.69) is 15.6 Å². The molecular formula is C18H21N3O2. The Morgan fingerprint density at radius 3 is 2.52 bits per heavy atom. The summed E-state index contributed by atoms with van der Waals surface area (Å²) in [6.07, 6.45) is 4.41. The summed E-state index contributed by atoms with van der Waals surface area (Å²) in [5.74, 6) is -0.334. The van der Waals surface area contributed by atoms with E-state index in [-0.39, 0.29) is 11.8 Å². The van der Waals surface area contributed by atoms with E-state index in [1.165, 1.54) is 0 Å². The van der Waals surface area contributed by atoms with Crippen LogP contribution < -0.4 is 10.6 Å². The van der Waals surface area contributed by atoms with Crippen LogP contribution in [0.1, 0.15) is 24.5 Å². The molecule has 0 saturated carbocycles. The number of rotatable bonds is 7. The standard InChI is InChI=1S/C18H21N3O2/c1-14(18(23)20-13-16-8-5-11-19-12-16)21-17(22)10-9-15-6-3-2-4-7-15/h2-8,11-12,14H,9-10,13H2,1H3,(H,20,23)(H,21,22)/t14-/m1/s1. The lowest BCUT2D eigenvalue weighted by molar-refractivity contribution is -0.128. The molecule has 120 valence electrons. The third kappa shape index (κ3) is 5.90. The molecule has 0 bridgehead atoms. The van der Waals surface area contributed by atoms with E-state index in [0.29, 0.717) is 19.4 Å². The summed E-state index contributed by atoms with van der Waals surface area (Å²) >= 11 is 0. The molecule has 1 atom stereocenters. The predicted octanol–water partition coefficient (Wildman–Crippen LogP) is 1.84. The van der Waals surface area contributed by atoms with E-state index < -0.39 is 6.04 Å². The Hall–Kier alpha value is -2.69. The van der Waals surface area contributed by atoms with E-state index in [1.807, 2.05) is 42.5 Å². The number of benzene rings is 1. The summed E-state index contributed by atoms with van der Waals surface area (Å²) in [7, 11) is 0. The number of nitrogens with zero attached hydrogens (tertiary/aromatic N) is 1. The molecule has 0 aliphatic heterocycles. The quantitative estimate of drug-likeness (QED) is 0.819. The lowest BCUT2D eigenvalue weighted by Crippen LogP contribution is -2.44. The number of nitrogens with one attached hydrogen (secondary N) is 2. The number of carbonyl (C=O) groups excluding carboxylic acids is 2. The molecular weight excluding hydrogens is 290 g/mol. The minimum absolute atomic E-state index is 0.127. The van der Waals surface area contributed by atoms with Crippen LogP contribution >= 0.6 is 0 Å². The van der Waals surface area contributed by atoms with Crippen molar-refractivity contribution in [2.24, 2.45) is 0 Å². The molecule has 2 amide bonds. The zero-order chi connectivity index (χ0) is 16.5. The molecule has 0 saturated heterocycles. The van der Waals surface area contributed by atoms with Gasteiger partial charge >= 0.3 is 0 Å². The Bertz CT molecular complexity index is 629. The Morgan fingerprint density at radius 2 is 1.83 bits per heavy atom. The number of hydrogen-bond donors (Lipinski definition) is 2. The Balaban J connectivity index is 1.71. The van der Waals surface area contributed by atoms with Gasteiger partial charge in [-0.2, -0.15) is 0 Å². The van der Waals surface area contributed by atoms with Crippen LogP contribution in [0, 0.1) is 0 Å². The van der Waals surface area contributed by atoms with Crippen LogP contribution in [0.5, 0.6) is 0 Å². The third-order valence-corrected chi connectivity index (χ3v) is 3.44. The van der Waals surface area contributed by atoms with Crippen LogP contribution in [-0.4, -0.2) is 22.8 Å². The zero-order valence-electron chi connectivity index (χ0n) is 13.2. The number of hydrogen-bond acceptors (Lipinski definition) is 3. The van der Waals surface area contributed by atoms with E-state index in [1.54, 1.807) is 19.3 Å². The van der Waals surface area contributed by atoms with Crippen molar-refractivity contribution < 1.29 is 9.59 Å². The van der Waals surface area contributed by atoms with Gasteiger partial charge in [0.2, 0.25) is 11.8 Å². The van der Waals surface area contributed by atoms with Crippen molar-refractivity contribution in [3.63, 3.8) is 0 Å². The van der Waals surface area contributed by atoms with Gasteiger partial charge in [-0.15, -0.1) is 0 Å². The number of aromatic nitrogens is 1. The molecule has 1 aromatic carbocycles. The number of amides is 2. The minimum atomic E-state index is -0.560. The van der Waals surface area contributed by atoms with Gasteiger partial charge in [-0.3, -0.25) is 14.6 Å². The molecule has 23 heavy (non-hydrogen) atoms. The van der Waals surface area contributed by atoms with Gasteiger partial charge in [-0.05, 0) is 30.5 Å². The summed E-state index contributed by atoms with van der Waals surface area (Å²) < 4.78 is 0. The SMILES string of the molecule is C[C@@H](NC(=O)CCc1ccccc1)C(=O)NCc1cccnc1. The van der Waals surface area contributed by atoms with Crippen LogP contribution in [0.4, 0.5) is 0 Å². The molecule has 2 aromatic rings. The largest absolute Gasteiger partial charge is 0.350 e. The number of carbonyl (C=O) groups is 2. The van der Waals surface area contributed by atoms with Crippen molar-refractivity contribution in [1.82, 2.24) is 15.6 Å². The van der Waals surface area contributed by atoms with Gasteiger partial charge in [0.05, 0.1) is 0 Å². The normalized spacial score (nSPS) is 11.5. The van der Waals surface area contributed by atoms with E-state index in [9.17, 15) is 9.59 Å². The van der Waals surface area contributed by atoms with Gasteiger partial charge in [-0.1, -0.05) is 36.4 Å². The van der Waals surface area contributed by atoms with E-state index in [4.69, 9.17) is 0 Å². The topological polar surface area (TPSA) is 71.1 Å². The van der Waals surface area contributed by atoms with E-state index in [0.717, 1.165) is 11.1 Å². The fourth-order valence-electron chi connectivity index (χ4n) is 2.13. The maximum Gasteiger partial charge on any atom is 0.242 e. The highest BCUT2D eigenvalue weighted by Crippen LogP contribution is 2.02. The molecule has 1 heterocycles. The third-order valence-electron chi connectivity index (χ3n) is 3.44. The molecule has 5 nitrogen and oxygen atoms in total. The Morgan fingerprint density at radius 1 is 1.09 bits per heavy atom. The summed E-state index contributed by atoms with van der Waals surface area (Å²) in [6, 6.07) is 12.9. The first kappa shape index (κ1) is 16.7. The van der Waals surface area contributed by atoms with Gasteiger partial charge in [0, 0.05) is 25.4 Å². The highest BCUT2D eigenvalue weighted by atomic mass is 16.2. The second-order valence-corrected chi connectivity index (χ2v) is 5.35. The van der Waals surface area contributed by atoms with Crippen LogP contribution in [0.2, 0.25) is 0 Å². The molecule has 0 aliphatic carbocycles. The van der Waals surface area contributed by atoms with Crippen LogP contribution in [0.3, 0.4) is 0 Å². The molecule has 0 spiro atoms. The van der Waals surface area contributed by atoms with Gasteiger partial charge in [-0.25, -0.2) is 0 Å². The van der Waals surface area contributed by atoms with Gasteiger partial charge in [0.15, 0.2) is 0 Å². The van der Waals surface area contributed by atoms with Crippen molar-refractivity contribution in [2.45, 2.75) is 32.4 Å². The van der Waals surface area contributed by atoms with Gasteiger partial charge < -0.3 is 10.6 Å². The van der Waals surface area contributed by atoms with Crippen molar-refractivity contribution >= 4 is 11.8 Å². The lowest BCUT2D eigenvalue weighted by atomic mass is 10.1. The second kappa shape index (κ2) is 8.68. The second-order valence-electron chi connectivity index (χ2n) is 5.35. The van der Waals surface area contributed by atoms with Crippen LogP contribution in [-0.2, 0) is 22.6 Å². The average molecular weight is 311 g/mol. The first-order valence-electron chi connectivity index (χ1n) is 7.65. The minimum Gasteiger partial charge on any atom is -0.350 e. The van der Waals surface area contributed by atoms with Crippen molar-refractivity contribution in [3.8, 4) is 0 Å². The van der Waals surface area contributed by atoms with Gasteiger partial charge in [0.1, 0.15) is 6.04 Å². The molecule has 1 aromatic heterocycles. The number of pyridine rings is 1. The fourth-order valence-corrected chi connectivity index (χ4v) is 2.13. The van der Waals surface area contributed by atoms with Crippen molar-refractivity contribution in [1.29, 1.82) is 0 Å². The highest BCUT2D eigenvalue weighted by Gasteiger charge is 2.15. The molecule has 0 aliphatic rings. The maximum absolute atomic E-state index is 12.0. The number of aryl methyl sites for hydroxylation is 1. The predicted molar refractivity (Wildman–Crippen MR) is 88.5 cm³/mol. The van der Waals surface area contributed by atoms with Crippen molar-refractivity contribution in [2.75, 3.05) is 0 Å². The molecule has 2 N–H and O–H groups in total. The van der Waals surface area contributed by atoms with Crippen LogP contribution in [0.25, 0.3) is 0 Å². The van der Waals surface area contributed by atoms with Crippen LogP contribution in [0.15, 0.2) is 54.9 Å². The zero-order valence-corrected chi connectivity index (χ0v) is 13.2. The first-order valence-corrected chi connectivity index (χ1v) is 7.65. The smallest absolute Gasteiger partial charge is 0.242 e. The summed E-state index contributed by atoms with van der Waals surface area (Å²) in [4.78, 5) is 27.9. The fraction of sp³-hybridized carbons (Fsp3) is 0.278. The monoisotopic (exact) mass is 311 g/mol. The molecule has 0 radical (unpaired) electrons. The highest BCUT2D eigenvalue weighted by molar-refractivity contribution is 5.87. The Kier molecular flexibility index (Phi) is 6.29. The summed E-state index contributed by atoms with van der Waals surface area (Å²) in [5, 5.41) is 5.50. The average Bonchev–Trinajstić information content (AvgIpc) is 2.59. The first-order chi connectivity index (χ1) is 11.1. The maximum atomic E-state index is 12.0. The molecule has 5 heteroatoms. The molecule has 0 fully saturated rings. The lowest BCUT2D eigenvalue weighted by Gasteiger charge is -2.14. The summed E-state index contributed by atoms with van der Waals surface area (Å²) in [6.45, 7) is 2.08. The van der Waals surface area contributed by atoms with E-state index >= 15 is 0 Å². The molecule has 2 rings (SSSR count). The summed E-state index contributed by atoms with van der Waals surface area (Å²) in [5.41, 5.74) is 2.03. The van der Waals surface area contributed by atoms with Gasteiger partial charge in [0.25, 0.3) is 0 Å².